The standard InChI is InChI=1S/C34H42F3N5O3S/c1-7-22-15-23-11-12-26(34(35,36)37)17-29(23)46(44,45)41(18-22)19-25-16-24(10-9-20(25)3)30(33(5,6)32(38)43)27-13-14-28-31(21(27)4)39-40-42(28)8-2/h9-14,16-17,22,30,44-45H,7-8,15,18-19H2,1-6H3,(H2,38,43). The van der Waals surface area contributed by atoms with Gasteiger partial charge in [-0.1, -0.05) is 62.7 Å². The molecule has 8 nitrogen and oxygen atoms in total. The molecule has 4 aromatic rings. The molecule has 0 saturated carbocycles. The van der Waals surface area contributed by atoms with E-state index in [9.17, 15) is 27.1 Å². The van der Waals surface area contributed by atoms with Gasteiger partial charge < -0.3 is 5.73 Å². The summed E-state index contributed by atoms with van der Waals surface area (Å²) in [7, 11) is -3.78. The van der Waals surface area contributed by atoms with E-state index in [-0.39, 0.29) is 23.9 Å². The van der Waals surface area contributed by atoms with Gasteiger partial charge in [0.15, 0.2) is 0 Å². The van der Waals surface area contributed by atoms with Crippen molar-refractivity contribution < 1.29 is 27.1 Å². The van der Waals surface area contributed by atoms with Gasteiger partial charge in [-0.05, 0) is 84.7 Å². The van der Waals surface area contributed by atoms with Crippen LogP contribution in [0.5, 0.6) is 0 Å². The van der Waals surface area contributed by atoms with Gasteiger partial charge in [-0.3, -0.25) is 13.9 Å². The maximum Gasteiger partial charge on any atom is 0.416 e. The normalized spacial score (nSPS) is 18.6. The topological polar surface area (TPSA) is 118 Å². The Hall–Kier alpha value is -3.45. The lowest BCUT2D eigenvalue weighted by Crippen LogP contribution is -2.38. The third-order valence-corrected chi connectivity index (χ3v) is 11.6. The van der Waals surface area contributed by atoms with Crippen molar-refractivity contribution in [1.82, 2.24) is 19.3 Å². The van der Waals surface area contributed by atoms with Crippen molar-refractivity contribution in [3.63, 3.8) is 0 Å². The number of carbonyl (C=O) groups excluding carboxylic acids is 1. The van der Waals surface area contributed by atoms with Crippen LogP contribution in [0.15, 0.2) is 53.4 Å². The quantitative estimate of drug-likeness (QED) is 0.178. The molecule has 0 saturated heterocycles. The molecule has 2 heterocycles. The maximum atomic E-state index is 13.7. The van der Waals surface area contributed by atoms with Gasteiger partial charge in [-0.25, -0.2) is 4.68 Å². The van der Waals surface area contributed by atoms with Crippen molar-refractivity contribution in [1.29, 1.82) is 0 Å². The number of carbonyl (C=O) groups is 1. The molecule has 1 aliphatic rings. The highest BCUT2D eigenvalue weighted by atomic mass is 32.3. The van der Waals surface area contributed by atoms with Gasteiger partial charge in [0, 0.05) is 25.6 Å². The van der Waals surface area contributed by atoms with E-state index in [2.05, 4.69) is 10.3 Å². The molecule has 12 heteroatoms. The third-order valence-electron chi connectivity index (χ3n) is 9.60. The molecule has 1 amide bonds. The van der Waals surface area contributed by atoms with Gasteiger partial charge in [-0.15, -0.1) is 15.9 Å². The summed E-state index contributed by atoms with van der Waals surface area (Å²) in [5.41, 5.74) is 10.4. The van der Waals surface area contributed by atoms with E-state index in [1.807, 2.05) is 62.7 Å². The molecule has 0 bridgehead atoms. The molecule has 5 rings (SSSR count). The molecule has 4 N–H and O–H groups in total. The number of aryl methyl sites for hydroxylation is 3. The zero-order valence-corrected chi connectivity index (χ0v) is 27.8. The minimum atomic E-state index is -4.62. The van der Waals surface area contributed by atoms with Crippen LogP contribution in [-0.4, -0.2) is 40.9 Å². The van der Waals surface area contributed by atoms with Gasteiger partial charge >= 0.3 is 6.18 Å². The second-order valence-electron chi connectivity index (χ2n) is 12.9. The Morgan fingerprint density at radius 3 is 2.43 bits per heavy atom. The van der Waals surface area contributed by atoms with Crippen molar-refractivity contribution in [2.24, 2.45) is 17.1 Å². The van der Waals surface area contributed by atoms with Crippen LogP contribution in [0.25, 0.3) is 11.0 Å². The van der Waals surface area contributed by atoms with Crippen molar-refractivity contribution in [2.75, 3.05) is 6.54 Å². The second-order valence-corrected chi connectivity index (χ2v) is 14.9. The summed E-state index contributed by atoms with van der Waals surface area (Å²) in [5, 5.41) is 8.68. The molecule has 0 fully saturated rings. The smallest absolute Gasteiger partial charge is 0.369 e. The van der Waals surface area contributed by atoms with Crippen molar-refractivity contribution in [3.05, 3.63) is 87.5 Å². The van der Waals surface area contributed by atoms with Gasteiger partial charge in [-0.2, -0.15) is 17.5 Å². The van der Waals surface area contributed by atoms with Gasteiger partial charge in [0.25, 0.3) is 0 Å². The maximum absolute atomic E-state index is 13.7. The van der Waals surface area contributed by atoms with E-state index in [0.29, 0.717) is 24.9 Å². The van der Waals surface area contributed by atoms with Crippen LogP contribution in [0.2, 0.25) is 0 Å². The first-order chi connectivity index (χ1) is 21.5. The van der Waals surface area contributed by atoms with Crippen LogP contribution in [-0.2, 0) is 30.5 Å². The zero-order chi connectivity index (χ0) is 33.8. The molecular formula is C34H42F3N5O3S. The van der Waals surface area contributed by atoms with Gasteiger partial charge in [0.1, 0.15) is 5.52 Å². The first-order valence-corrected chi connectivity index (χ1v) is 17.0. The van der Waals surface area contributed by atoms with Crippen LogP contribution < -0.4 is 5.73 Å². The van der Waals surface area contributed by atoms with Crippen LogP contribution in [0, 0.1) is 25.2 Å². The molecule has 1 aliphatic heterocycles. The summed E-state index contributed by atoms with van der Waals surface area (Å²) in [6.45, 7) is 12.5. The molecule has 46 heavy (non-hydrogen) atoms. The fourth-order valence-electron chi connectivity index (χ4n) is 6.58. The Morgan fingerprint density at radius 2 is 1.80 bits per heavy atom. The average Bonchev–Trinajstić information content (AvgIpc) is 3.38. The summed E-state index contributed by atoms with van der Waals surface area (Å²) in [6.07, 6.45) is -3.47. The third kappa shape index (κ3) is 6.03. The number of fused-ring (bicyclic) bond motifs is 2. The van der Waals surface area contributed by atoms with Crippen molar-refractivity contribution in [2.45, 2.75) is 84.5 Å². The summed E-state index contributed by atoms with van der Waals surface area (Å²) in [4.78, 5) is 12.9. The number of alkyl halides is 3. The molecule has 248 valence electrons. The lowest BCUT2D eigenvalue weighted by Gasteiger charge is -2.43. The molecule has 2 unspecified atom stereocenters. The van der Waals surface area contributed by atoms with Crippen molar-refractivity contribution in [3.8, 4) is 0 Å². The van der Waals surface area contributed by atoms with E-state index in [0.717, 1.165) is 51.0 Å². The Bertz CT molecular complexity index is 1790. The summed E-state index contributed by atoms with van der Waals surface area (Å²) in [5.74, 6) is -0.968. The Labute approximate surface area is 269 Å². The van der Waals surface area contributed by atoms with Crippen molar-refractivity contribution >= 4 is 27.7 Å². The van der Waals surface area contributed by atoms with E-state index in [4.69, 9.17) is 5.73 Å². The van der Waals surface area contributed by atoms with E-state index in [1.54, 1.807) is 13.8 Å². The predicted molar refractivity (Wildman–Crippen MR) is 174 cm³/mol. The minimum Gasteiger partial charge on any atom is -0.369 e. The number of nitrogens with two attached hydrogens (primary N) is 1. The first kappa shape index (κ1) is 33.9. The van der Waals surface area contributed by atoms with E-state index in [1.165, 1.54) is 10.4 Å². The van der Waals surface area contributed by atoms with Gasteiger partial charge in [0.2, 0.25) is 5.91 Å². The van der Waals surface area contributed by atoms with Crippen LogP contribution in [0.1, 0.15) is 79.0 Å². The monoisotopic (exact) mass is 657 g/mol. The Kier molecular flexibility index (Phi) is 9.06. The molecule has 0 spiro atoms. The average molecular weight is 658 g/mol. The Balaban J connectivity index is 1.61. The number of aromatic nitrogens is 3. The molecule has 3 aromatic carbocycles. The minimum absolute atomic E-state index is 0.0000999. The number of primary amides is 1. The van der Waals surface area contributed by atoms with E-state index < -0.39 is 39.8 Å². The predicted octanol–water partition coefficient (Wildman–Crippen LogP) is 7.84. The van der Waals surface area contributed by atoms with Gasteiger partial charge in [0.05, 0.1) is 21.4 Å². The summed E-state index contributed by atoms with van der Waals surface area (Å²) < 4.78 is 67.7. The number of nitrogens with zero attached hydrogens (tertiary/aromatic N) is 4. The van der Waals surface area contributed by atoms with Crippen LogP contribution in [0.3, 0.4) is 0 Å². The number of hydrogen-bond donors (Lipinski definition) is 3. The summed E-state index contributed by atoms with van der Waals surface area (Å²) >= 11 is 0. The number of benzene rings is 3. The van der Waals surface area contributed by atoms with E-state index >= 15 is 0 Å². The lowest BCUT2D eigenvalue weighted by molar-refractivity contribution is -0.137. The Morgan fingerprint density at radius 1 is 1.09 bits per heavy atom. The molecule has 1 aromatic heterocycles. The lowest BCUT2D eigenvalue weighted by atomic mass is 9.69. The first-order valence-electron chi connectivity index (χ1n) is 15.5. The second kappa shape index (κ2) is 12.3. The molecule has 2 atom stereocenters. The number of hydrogen-bond acceptors (Lipinski definition) is 6. The van der Waals surface area contributed by atoms with Crippen LogP contribution >= 0.6 is 10.8 Å². The van der Waals surface area contributed by atoms with Crippen LogP contribution in [0.4, 0.5) is 13.2 Å². The number of rotatable bonds is 8. The number of halogens is 3. The highest BCUT2D eigenvalue weighted by Gasteiger charge is 2.40. The molecule has 0 radical (unpaired) electrons. The highest BCUT2D eigenvalue weighted by Crippen LogP contribution is 2.57. The largest absolute Gasteiger partial charge is 0.416 e. The molecule has 0 aliphatic carbocycles. The zero-order valence-electron chi connectivity index (χ0n) is 27.0. The highest BCUT2D eigenvalue weighted by molar-refractivity contribution is 8.22. The fraction of sp³-hybridized carbons (Fsp3) is 0.441. The summed E-state index contributed by atoms with van der Waals surface area (Å²) in [6, 6.07) is 13.0. The number of amides is 1. The SMILES string of the molecule is CCC1Cc2ccc(C(F)(F)F)cc2S(O)(O)N(Cc2cc(C(c3ccc4c(nnn4CC)c3C)C(C)(C)C(N)=O)ccc2C)C1. The fourth-order valence-corrected chi connectivity index (χ4v) is 8.38. The molecular weight excluding hydrogens is 615 g/mol.